The first-order chi connectivity index (χ1) is 12.0. The van der Waals surface area contributed by atoms with Crippen LogP contribution in [0.15, 0.2) is 48.7 Å². The molecule has 0 spiro atoms. The van der Waals surface area contributed by atoms with Gasteiger partial charge in [-0.1, -0.05) is 35.9 Å². The molecule has 1 aromatic heterocycles. The van der Waals surface area contributed by atoms with Gasteiger partial charge in [0, 0.05) is 44.6 Å². The molecule has 128 valence electrons. The summed E-state index contributed by atoms with van der Waals surface area (Å²) < 4.78 is 6.34. The van der Waals surface area contributed by atoms with Gasteiger partial charge in [-0.3, -0.25) is 10.1 Å². The Morgan fingerprint density at radius 1 is 1.36 bits per heavy atom. The highest BCUT2D eigenvalue weighted by Crippen LogP contribution is 2.47. The predicted molar refractivity (Wildman–Crippen MR) is 97.0 cm³/mol. The van der Waals surface area contributed by atoms with Gasteiger partial charge in [0.25, 0.3) is 0 Å². The average Bonchev–Trinajstić information content (AvgIpc) is 2.98. The van der Waals surface area contributed by atoms with Crippen LogP contribution in [0.5, 0.6) is 5.75 Å². The number of aromatic nitrogens is 1. The lowest BCUT2D eigenvalue weighted by Gasteiger charge is -2.38. The summed E-state index contributed by atoms with van der Waals surface area (Å²) in [5, 5.41) is 12.8. The maximum absolute atomic E-state index is 11.2. The highest BCUT2D eigenvalue weighted by atomic mass is 35.5. The highest BCUT2D eigenvalue weighted by molar-refractivity contribution is 6.31. The third-order valence-electron chi connectivity index (χ3n) is 4.91. The summed E-state index contributed by atoms with van der Waals surface area (Å²) in [4.78, 5) is 14.2. The topological polar surface area (TPSA) is 68.2 Å². The number of hydrogen-bond acceptors (Lipinski definition) is 3. The molecule has 0 bridgehead atoms. The Morgan fingerprint density at radius 3 is 2.96 bits per heavy atom. The van der Waals surface area contributed by atoms with E-state index in [4.69, 9.17) is 16.3 Å². The van der Waals surface area contributed by atoms with E-state index in [1.54, 1.807) is 0 Å². The first-order valence-electron chi connectivity index (χ1n) is 8.13. The van der Waals surface area contributed by atoms with Crippen LogP contribution in [0.3, 0.4) is 0 Å². The van der Waals surface area contributed by atoms with Crippen molar-refractivity contribution < 1.29 is 9.66 Å². The number of ether oxygens (including phenoxy) is 1. The Kier molecular flexibility index (Phi) is 3.69. The standard InChI is InChI=1S/C19H17ClN2O3/c1-19(16-10-21-17-8-13(20)6-7-15(16)17)9-12(11-22(23)24)14-4-2-3-5-18(14)25-19/h2-8,10,12,21H,9,11H2,1H3/t12-,19-/m1/s1. The van der Waals surface area contributed by atoms with Crippen LogP contribution in [0.2, 0.25) is 5.02 Å². The minimum absolute atomic E-state index is 0.107. The summed E-state index contributed by atoms with van der Waals surface area (Å²) in [7, 11) is 0. The van der Waals surface area contributed by atoms with E-state index in [2.05, 4.69) is 4.98 Å². The van der Waals surface area contributed by atoms with E-state index in [9.17, 15) is 10.1 Å². The molecule has 0 saturated carbocycles. The van der Waals surface area contributed by atoms with E-state index < -0.39 is 5.60 Å². The van der Waals surface area contributed by atoms with E-state index in [1.165, 1.54) is 0 Å². The number of para-hydroxylation sites is 1. The molecule has 6 heteroatoms. The van der Waals surface area contributed by atoms with Gasteiger partial charge in [-0.2, -0.15) is 0 Å². The number of nitro groups is 1. The zero-order valence-electron chi connectivity index (χ0n) is 13.7. The third kappa shape index (κ3) is 2.74. The number of nitrogens with zero attached hydrogens (tertiary/aromatic N) is 1. The van der Waals surface area contributed by atoms with Crippen molar-refractivity contribution in [2.24, 2.45) is 0 Å². The van der Waals surface area contributed by atoms with Gasteiger partial charge in [-0.05, 0) is 25.1 Å². The molecular weight excluding hydrogens is 340 g/mol. The minimum atomic E-state index is -0.652. The summed E-state index contributed by atoms with van der Waals surface area (Å²) in [6, 6.07) is 13.3. The molecule has 5 nitrogen and oxygen atoms in total. The van der Waals surface area contributed by atoms with Gasteiger partial charge in [0.15, 0.2) is 0 Å². The fourth-order valence-electron chi connectivity index (χ4n) is 3.82. The van der Waals surface area contributed by atoms with E-state index in [1.807, 2.05) is 55.6 Å². The van der Waals surface area contributed by atoms with Crippen molar-refractivity contribution in [1.82, 2.24) is 4.98 Å². The van der Waals surface area contributed by atoms with Gasteiger partial charge < -0.3 is 9.72 Å². The van der Waals surface area contributed by atoms with Crippen LogP contribution in [-0.2, 0) is 5.60 Å². The summed E-state index contributed by atoms with van der Waals surface area (Å²) in [6.45, 7) is 1.89. The van der Waals surface area contributed by atoms with Crippen molar-refractivity contribution >= 4 is 22.5 Å². The molecule has 2 heterocycles. The van der Waals surface area contributed by atoms with Crippen molar-refractivity contribution in [1.29, 1.82) is 0 Å². The minimum Gasteiger partial charge on any atom is -0.482 e. The van der Waals surface area contributed by atoms with Gasteiger partial charge in [-0.15, -0.1) is 0 Å². The summed E-state index contributed by atoms with van der Waals surface area (Å²) >= 11 is 6.07. The number of halogens is 1. The number of fused-ring (bicyclic) bond motifs is 2. The quantitative estimate of drug-likeness (QED) is 0.537. The molecule has 0 saturated heterocycles. The fourth-order valence-corrected chi connectivity index (χ4v) is 3.99. The molecule has 4 rings (SSSR count). The largest absolute Gasteiger partial charge is 0.482 e. The zero-order valence-corrected chi connectivity index (χ0v) is 14.4. The van der Waals surface area contributed by atoms with Crippen LogP contribution in [-0.4, -0.2) is 16.5 Å². The van der Waals surface area contributed by atoms with E-state index >= 15 is 0 Å². The molecule has 25 heavy (non-hydrogen) atoms. The number of hydrogen-bond donors (Lipinski definition) is 1. The summed E-state index contributed by atoms with van der Waals surface area (Å²) in [5.41, 5.74) is 2.17. The van der Waals surface area contributed by atoms with Crippen LogP contribution in [0.4, 0.5) is 0 Å². The number of benzene rings is 2. The SMILES string of the molecule is C[C@]1(c2c[nH]c3cc(Cl)ccc23)C[C@H](C[N+](=O)[O-])c2ccccc2O1. The van der Waals surface area contributed by atoms with Gasteiger partial charge >= 0.3 is 0 Å². The van der Waals surface area contributed by atoms with E-state index in [-0.39, 0.29) is 17.4 Å². The normalized spacial score (nSPS) is 22.4. The molecular formula is C19H17ClN2O3. The Labute approximate surface area is 149 Å². The Hall–Kier alpha value is -2.53. The molecule has 0 fully saturated rings. The maximum atomic E-state index is 11.2. The van der Waals surface area contributed by atoms with Crippen LogP contribution >= 0.6 is 11.6 Å². The van der Waals surface area contributed by atoms with Gasteiger partial charge in [0.1, 0.15) is 11.4 Å². The zero-order chi connectivity index (χ0) is 17.6. The molecule has 0 radical (unpaired) electrons. The molecule has 0 aliphatic carbocycles. The predicted octanol–water partition coefficient (Wildman–Crippen LogP) is 4.88. The summed E-state index contributed by atoms with van der Waals surface area (Å²) in [5.74, 6) is 0.522. The lowest BCUT2D eigenvalue weighted by molar-refractivity contribution is -0.484. The highest BCUT2D eigenvalue weighted by Gasteiger charge is 2.41. The number of aromatic amines is 1. The van der Waals surface area contributed by atoms with E-state index in [0.29, 0.717) is 17.2 Å². The van der Waals surface area contributed by atoms with Crippen molar-refractivity contribution in [2.75, 3.05) is 6.54 Å². The monoisotopic (exact) mass is 356 g/mol. The Bertz CT molecular complexity index is 968. The number of H-pyrrole nitrogens is 1. The van der Waals surface area contributed by atoms with Crippen molar-refractivity contribution in [2.45, 2.75) is 24.9 Å². The van der Waals surface area contributed by atoms with Crippen LogP contribution < -0.4 is 4.74 Å². The fraction of sp³-hybridized carbons (Fsp3) is 0.263. The van der Waals surface area contributed by atoms with E-state index in [0.717, 1.165) is 22.0 Å². The van der Waals surface area contributed by atoms with Crippen LogP contribution in [0, 0.1) is 10.1 Å². The van der Waals surface area contributed by atoms with Crippen LogP contribution in [0.1, 0.15) is 30.4 Å². The smallest absolute Gasteiger partial charge is 0.210 e. The lowest BCUT2D eigenvalue weighted by Crippen LogP contribution is -2.37. The molecule has 1 aliphatic heterocycles. The Balaban J connectivity index is 1.82. The van der Waals surface area contributed by atoms with Gasteiger partial charge in [0.2, 0.25) is 6.54 Å². The molecule has 0 amide bonds. The third-order valence-corrected chi connectivity index (χ3v) is 5.15. The lowest BCUT2D eigenvalue weighted by atomic mass is 9.79. The molecule has 1 N–H and O–H groups in total. The molecule has 2 atom stereocenters. The summed E-state index contributed by atoms with van der Waals surface area (Å²) in [6.07, 6.45) is 2.46. The first kappa shape index (κ1) is 16.0. The second-order valence-electron chi connectivity index (χ2n) is 6.68. The number of nitrogens with one attached hydrogen (secondary N) is 1. The molecule has 0 unspecified atom stereocenters. The average molecular weight is 357 g/mol. The molecule has 3 aromatic rings. The maximum Gasteiger partial charge on any atom is 0.210 e. The molecule has 2 aromatic carbocycles. The Morgan fingerprint density at radius 2 is 2.16 bits per heavy atom. The van der Waals surface area contributed by atoms with Crippen molar-refractivity contribution in [3.8, 4) is 5.75 Å². The van der Waals surface area contributed by atoms with Crippen molar-refractivity contribution in [3.05, 3.63) is 74.9 Å². The first-order valence-corrected chi connectivity index (χ1v) is 8.51. The second-order valence-corrected chi connectivity index (χ2v) is 7.12. The number of rotatable bonds is 3. The van der Waals surface area contributed by atoms with Gasteiger partial charge in [0.05, 0.1) is 5.92 Å². The van der Waals surface area contributed by atoms with Gasteiger partial charge in [-0.25, -0.2) is 0 Å². The van der Waals surface area contributed by atoms with Crippen LogP contribution in [0.25, 0.3) is 10.9 Å². The second kappa shape index (κ2) is 5.77. The molecule has 1 aliphatic rings. The van der Waals surface area contributed by atoms with Crippen molar-refractivity contribution in [3.63, 3.8) is 0 Å².